The number of aliphatic carboxylic acids is 1. The standard InChI is InChI=1S/C16H21NO5/c1-4-11(2)22-16(20)10-12(9-15(18)19)17-13-7-5-6-8-14(13)21-3/h5-8,10-11,17H,4,9H2,1-3H3,(H,18,19). The van der Waals surface area contributed by atoms with E-state index in [1.165, 1.54) is 7.11 Å². The topological polar surface area (TPSA) is 84.9 Å². The second-order valence-corrected chi connectivity index (χ2v) is 4.72. The molecule has 0 aliphatic heterocycles. The van der Waals surface area contributed by atoms with Gasteiger partial charge >= 0.3 is 11.9 Å². The van der Waals surface area contributed by atoms with Crippen molar-refractivity contribution in [1.29, 1.82) is 0 Å². The zero-order chi connectivity index (χ0) is 16.5. The molecule has 0 aliphatic carbocycles. The molecule has 6 nitrogen and oxygen atoms in total. The van der Waals surface area contributed by atoms with Gasteiger partial charge in [-0.2, -0.15) is 0 Å². The predicted molar refractivity (Wildman–Crippen MR) is 82.8 cm³/mol. The Morgan fingerprint density at radius 2 is 2.05 bits per heavy atom. The summed E-state index contributed by atoms with van der Waals surface area (Å²) in [4.78, 5) is 22.7. The quantitative estimate of drug-likeness (QED) is 0.567. The van der Waals surface area contributed by atoms with Gasteiger partial charge in [0, 0.05) is 11.8 Å². The van der Waals surface area contributed by atoms with Crippen molar-refractivity contribution in [2.24, 2.45) is 0 Å². The summed E-state index contributed by atoms with van der Waals surface area (Å²) in [6.45, 7) is 3.67. The summed E-state index contributed by atoms with van der Waals surface area (Å²) in [7, 11) is 1.51. The molecule has 1 aromatic carbocycles. The summed E-state index contributed by atoms with van der Waals surface area (Å²) in [6.07, 6.45) is 1.30. The fourth-order valence-electron chi connectivity index (χ4n) is 1.67. The van der Waals surface area contributed by atoms with Crippen molar-refractivity contribution in [3.05, 3.63) is 36.0 Å². The number of carbonyl (C=O) groups excluding carboxylic acids is 1. The Hall–Kier alpha value is -2.50. The van der Waals surface area contributed by atoms with E-state index in [0.717, 1.165) is 6.08 Å². The van der Waals surface area contributed by atoms with E-state index in [4.69, 9.17) is 14.6 Å². The number of methoxy groups -OCH3 is 1. The Balaban J connectivity index is 2.93. The molecular formula is C16H21NO5. The smallest absolute Gasteiger partial charge is 0.332 e. The first-order valence-corrected chi connectivity index (χ1v) is 6.99. The highest BCUT2D eigenvalue weighted by Gasteiger charge is 2.12. The van der Waals surface area contributed by atoms with Crippen LogP contribution in [0.1, 0.15) is 26.7 Å². The van der Waals surface area contributed by atoms with Crippen molar-refractivity contribution in [2.75, 3.05) is 12.4 Å². The van der Waals surface area contributed by atoms with E-state index >= 15 is 0 Å². The van der Waals surface area contributed by atoms with Gasteiger partial charge in [-0.05, 0) is 25.5 Å². The third-order valence-electron chi connectivity index (χ3n) is 2.93. The SMILES string of the molecule is CCC(C)OC(=O)C=C(CC(=O)O)Nc1ccccc1OC. The van der Waals surface area contributed by atoms with E-state index in [-0.39, 0.29) is 18.2 Å². The lowest BCUT2D eigenvalue weighted by Gasteiger charge is -2.14. The number of hydrogen-bond acceptors (Lipinski definition) is 5. The number of esters is 1. The lowest BCUT2D eigenvalue weighted by Crippen LogP contribution is -2.15. The Labute approximate surface area is 129 Å². The molecule has 0 aliphatic rings. The van der Waals surface area contributed by atoms with Crippen molar-refractivity contribution in [3.8, 4) is 5.75 Å². The van der Waals surface area contributed by atoms with Gasteiger partial charge in [0.2, 0.25) is 0 Å². The molecule has 0 saturated carbocycles. The molecule has 0 heterocycles. The number of carboxylic acid groups (broad SMARTS) is 1. The molecule has 0 amide bonds. The highest BCUT2D eigenvalue weighted by Crippen LogP contribution is 2.25. The van der Waals surface area contributed by atoms with Crippen LogP contribution in [-0.2, 0) is 14.3 Å². The molecule has 22 heavy (non-hydrogen) atoms. The van der Waals surface area contributed by atoms with Crippen LogP contribution in [0.2, 0.25) is 0 Å². The maximum atomic E-state index is 11.8. The molecule has 120 valence electrons. The molecule has 0 fully saturated rings. The molecular weight excluding hydrogens is 286 g/mol. The molecule has 0 saturated heterocycles. The minimum Gasteiger partial charge on any atom is -0.495 e. The average Bonchev–Trinajstić information content (AvgIpc) is 2.46. The van der Waals surface area contributed by atoms with E-state index in [1.807, 2.05) is 6.92 Å². The molecule has 1 unspecified atom stereocenters. The number of para-hydroxylation sites is 2. The Morgan fingerprint density at radius 3 is 2.64 bits per heavy atom. The fraction of sp³-hybridized carbons (Fsp3) is 0.375. The van der Waals surface area contributed by atoms with Crippen molar-refractivity contribution in [1.82, 2.24) is 0 Å². The molecule has 0 spiro atoms. The summed E-state index contributed by atoms with van der Waals surface area (Å²) >= 11 is 0. The first-order valence-electron chi connectivity index (χ1n) is 6.99. The second kappa shape index (κ2) is 8.71. The van der Waals surface area contributed by atoms with Gasteiger partial charge in [0.1, 0.15) is 5.75 Å². The maximum absolute atomic E-state index is 11.8. The Kier molecular flexibility index (Phi) is 6.95. The van der Waals surface area contributed by atoms with E-state index in [0.29, 0.717) is 17.9 Å². The monoisotopic (exact) mass is 307 g/mol. The van der Waals surface area contributed by atoms with Gasteiger partial charge in [-0.3, -0.25) is 4.79 Å². The summed E-state index contributed by atoms with van der Waals surface area (Å²) in [6, 6.07) is 7.04. The third kappa shape index (κ3) is 5.87. The van der Waals surface area contributed by atoms with Gasteiger partial charge in [-0.15, -0.1) is 0 Å². The van der Waals surface area contributed by atoms with Gasteiger partial charge in [0.25, 0.3) is 0 Å². The first kappa shape index (κ1) is 17.6. The number of carbonyl (C=O) groups is 2. The minimum atomic E-state index is -1.05. The fourth-order valence-corrected chi connectivity index (χ4v) is 1.67. The Morgan fingerprint density at radius 1 is 1.36 bits per heavy atom. The maximum Gasteiger partial charge on any atom is 0.332 e. The number of anilines is 1. The number of ether oxygens (including phenoxy) is 2. The van der Waals surface area contributed by atoms with Crippen LogP contribution in [0, 0.1) is 0 Å². The third-order valence-corrected chi connectivity index (χ3v) is 2.93. The molecule has 0 bridgehead atoms. The van der Waals surface area contributed by atoms with E-state index in [9.17, 15) is 9.59 Å². The van der Waals surface area contributed by atoms with Crippen LogP contribution in [0.3, 0.4) is 0 Å². The Bertz CT molecular complexity index is 553. The molecule has 0 radical (unpaired) electrons. The number of nitrogens with one attached hydrogen (secondary N) is 1. The highest BCUT2D eigenvalue weighted by molar-refractivity contribution is 5.85. The number of benzene rings is 1. The van der Waals surface area contributed by atoms with Crippen molar-refractivity contribution in [3.63, 3.8) is 0 Å². The molecule has 6 heteroatoms. The molecule has 2 N–H and O–H groups in total. The zero-order valence-electron chi connectivity index (χ0n) is 13.0. The van der Waals surface area contributed by atoms with Crippen LogP contribution < -0.4 is 10.1 Å². The summed E-state index contributed by atoms with van der Waals surface area (Å²) in [5.74, 6) is -1.08. The molecule has 0 aromatic heterocycles. The van der Waals surface area contributed by atoms with Crippen LogP contribution in [0.4, 0.5) is 5.69 Å². The van der Waals surface area contributed by atoms with Crippen LogP contribution >= 0.6 is 0 Å². The van der Waals surface area contributed by atoms with Crippen molar-refractivity contribution >= 4 is 17.6 Å². The van der Waals surface area contributed by atoms with Gasteiger partial charge in [0.05, 0.1) is 25.3 Å². The first-order chi connectivity index (χ1) is 10.5. The van der Waals surface area contributed by atoms with E-state index in [1.54, 1.807) is 31.2 Å². The number of rotatable bonds is 8. The van der Waals surface area contributed by atoms with Crippen LogP contribution in [0.5, 0.6) is 5.75 Å². The largest absolute Gasteiger partial charge is 0.495 e. The van der Waals surface area contributed by atoms with Gasteiger partial charge < -0.3 is 19.9 Å². The van der Waals surface area contributed by atoms with Crippen molar-refractivity contribution in [2.45, 2.75) is 32.8 Å². The normalized spacial score (nSPS) is 12.4. The van der Waals surface area contributed by atoms with Gasteiger partial charge in [0.15, 0.2) is 0 Å². The predicted octanol–water partition coefficient (Wildman–Crippen LogP) is 2.81. The lowest BCUT2D eigenvalue weighted by atomic mass is 10.2. The average molecular weight is 307 g/mol. The summed E-state index contributed by atoms with van der Waals surface area (Å²) in [5, 5.41) is 11.9. The van der Waals surface area contributed by atoms with Gasteiger partial charge in [-0.1, -0.05) is 19.1 Å². The second-order valence-electron chi connectivity index (χ2n) is 4.72. The van der Waals surface area contributed by atoms with E-state index in [2.05, 4.69) is 5.32 Å². The number of carboxylic acids is 1. The van der Waals surface area contributed by atoms with Gasteiger partial charge in [-0.25, -0.2) is 4.79 Å². The zero-order valence-corrected chi connectivity index (χ0v) is 13.0. The van der Waals surface area contributed by atoms with Crippen LogP contribution in [0.25, 0.3) is 0 Å². The lowest BCUT2D eigenvalue weighted by molar-refractivity contribution is -0.142. The summed E-state index contributed by atoms with van der Waals surface area (Å²) in [5.41, 5.74) is 0.805. The van der Waals surface area contributed by atoms with Crippen LogP contribution in [0.15, 0.2) is 36.0 Å². The van der Waals surface area contributed by atoms with Crippen molar-refractivity contribution < 1.29 is 24.2 Å². The minimum absolute atomic E-state index is 0.221. The molecule has 1 atom stereocenters. The van der Waals surface area contributed by atoms with E-state index < -0.39 is 11.9 Å². The highest BCUT2D eigenvalue weighted by atomic mass is 16.5. The summed E-state index contributed by atoms with van der Waals surface area (Å²) < 4.78 is 10.3. The molecule has 1 aromatic rings. The molecule has 1 rings (SSSR count). The van der Waals surface area contributed by atoms with Crippen LogP contribution in [-0.4, -0.2) is 30.3 Å². The number of hydrogen-bond donors (Lipinski definition) is 2.